The van der Waals surface area contributed by atoms with E-state index in [1.165, 1.54) is 6.42 Å². The van der Waals surface area contributed by atoms with Crippen molar-refractivity contribution in [3.05, 3.63) is 12.3 Å². The van der Waals surface area contributed by atoms with E-state index in [1.54, 1.807) is 0 Å². The van der Waals surface area contributed by atoms with Gasteiger partial charge in [0.2, 0.25) is 5.95 Å². The smallest absolute Gasteiger partial charge is 0.303 e. The van der Waals surface area contributed by atoms with Crippen LogP contribution in [0.3, 0.4) is 0 Å². The summed E-state index contributed by atoms with van der Waals surface area (Å²) in [5, 5.41) is 10.2. The third-order valence-electron chi connectivity index (χ3n) is 6.71. The van der Waals surface area contributed by atoms with Crippen LogP contribution >= 0.6 is 0 Å². The lowest BCUT2D eigenvalue weighted by Gasteiger charge is -2.53. The zero-order chi connectivity index (χ0) is 18.0. The molecule has 1 N–H and O–H groups in total. The van der Waals surface area contributed by atoms with Crippen LogP contribution in [0, 0.1) is 17.8 Å². The van der Waals surface area contributed by atoms with Crippen molar-refractivity contribution >= 4 is 28.8 Å². The fourth-order valence-corrected chi connectivity index (χ4v) is 4.99. The standard InChI is InChI=1S/C19H25N5O2/c1-11-3-6-24(11)19-20-17-14(4-5-22(17)2)18(21-19)23-9-12-7-13(10-23)15(12)8-16(25)26/h4-5,11-13,15H,3,6-10H2,1-2H3,(H,25,26). The van der Waals surface area contributed by atoms with Crippen molar-refractivity contribution in [3.63, 3.8) is 0 Å². The lowest BCUT2D eigenvalue weighted by molar-refractivity contribution is -0.141. The molecule has 4 fully saturated rings. The highest BCUT2D eigenvalue weighted by atomic mass is 16.4. The number of aryl methyl sites for hydroxylation is 1. The molecule has 3 saturated heterocycles. The summed E-state index contributed by atoms with van der Waals surface area (Å²) in [6, 6.07) is 2.60. The first-order valence-corrected chi connectivity index (χ1v) is 9.57. The number of hydrogen-bond acceptors (Lipinski definition) is 5. The Kier molecular flexibility index (Phi) is 3.42. The molecule has 138 valence electrons. The molecule has 0 radical (unpaired) electrons. The first-order chi connectivity index (χ1) is 12.5. The molecular formula is C19H25N5O2. The molecule has 2 aromatic rings. The first-order valence-electron chi connectivity index (χ1n) is 9.57. The monoisotopic (exact) mass is 355 g/mol. The number of carboxylic acids is 1. The van der Waals surface area contributed by atoms with Crippen molar-refractivity contribution in [2.45, 2.75) is 32.2 Å². The summed E-state index contributed by atoms with van der Waals surface area (Å²) < 4.78 is 2.06. The molecule has 2 aromatic heterocycles. The van der Waals surface area contributed by atoms with Gasteiger partial charge in [-0.1, -0.05) is 0 Å². The number of anilines is 2. The lowest BCUT2D eigenvalue weighted by atomic mass is 9.60. The molecule has 1 saturated carbocycles. The van der Waals surface area contributed by atoms with Gasteiger partial charge in [-0.3, -0.25) is 4.79 Å². The van der Waals surface area contributed by atoms with Gasteiger partial charge in [-0.15, -0.1) is 0 Å². The predicted octanol–water partition coefficient (Wildman–Crippen LogP) is 2.11. The summed E-state index contributed by atoms with van der Waals surface area (Å²) in [6.45, 7) is 5.05. The molecule has 3 unspecified atom stereocenters. The first kappa shape index (κ1) is 15.9. The lowest BCUT2D eigenvalue weighted by Crippen LogP contribution is -2.56. The summed E-state index contributed by atoms with van der Waals surface area (Å²) in [5.41, 5.74) is 0.977. The highest BCUT2D eigenvalue weighted by Crippen LogP contribution is 2.48. The summed E-state index contributed by atoms with van der Waals surface area (Å²) in [5.74, 6) is 2.48. The van der Waals surface area contributed by atoms with Crippen LogP contribution in [0.5, 0.6) is 0 Å². The fraction of sp³-hybridized carbons (Fsp3) is 0.632. The average Bonchev–Trinajstić information content (AvgIpc) is 2.99. The molecule has 7 nitrogen and oxygen atoms in total. The predicted molar refractivity (Wildman–Crippen MR) is 99.5 cm³/mol. The Morgan fingerprint density at radius 1 is 1.31 bits per heavy atom. The fourth-order valence-electron chi connectivity index (χ4n) is 4.99. The van der Waals surface area contributed by atoms with Crippen LogP contribution in [-0.4, -0.2) is 51.3 Å². The Labute approximate surface area is 152 Å². The van der Waals surface area contributed by atoms with E-state index in [9.17, 15) is 4.79 Å². The van der Waals surface area contributed by atoms with E-state index in [-0.39, 0.29) is 0 Å². The van der Waals surface area contributed by atoms with E-state index in [0.717, 1.165) is 48.9 Å². The van der Waals surface area contributed by atoms with Gasteiger partial charge < -0.3 is 19.5 Å². The topological polar surface area (TPSA) is 74.5 Å². The maximum atomic E-state index is 11.1. The molecule has 1 aliphatic carbocycles. The van der Waals surface area contributed by atoms with Gasteiger partial charge in [-0.2, -0.15) is 9.97 Å². The maximum Gasteiger partial charge on any atom is 0.303 e. The van der Waals surface area contributed by atoms with E-state index in [4.69, 9.17) is 15.1 Å². The molecule has 4 aliphatic rings. The highest BCUT2D eigenvalue weighted by Gasteiger charge is 2.48. The van der Waals surface area contributed by atoms with E-state index in [0.29, 0.717) is 30.2 Å². The van der Waals surface area contributed by atoms with Crippen molar-refractivity contribution in [1.82, 2.24) is 14.5 Å². The van der Waals surface area contributed by atoms with E-state index < -0.39 is 5.97 Å². The average molecular weight is 355 g/mol. The summed E-state index contributed by atoms with van der Waals surface area (Å²) >= 11 is 0. The largest absolute Gasteiger partial charge is 0.481 e. The van der Waals surface area contributed by atoms with Gasteiger partial charge in [0.05, 0.1) is 5.39 Å². The molecule has 0 amide bonds. The van der Waals surface area contributed by atoms with Crippen molar-refractivity contribution < 1.29 is 9.90 Å². The van der Waals surface area contributed by atoms with Gasteiger partial charge in [-0.25, -0.2) is 0 Å². The second-order valence-corrected chi connectivity index (χ2v) is 8.26. The number of rotatable bonds is 4. The van der Waals surface area contributed by atoms with E-state index in [2.05, 4.69) is 27.4 Å². The van der Waals surface area contributed by atoms with Gasteiger partial charge in [0.1, 0.15) is 11.5 Å². The van der Waals surface area contributed by atoms with Crippen LogP contribution < -0.4 is 9.80 Å². The number of nitrogens with zero attached hydrogens (tertiary/aromatic N) is 5. The Morgan fingerprint density at radius 3 is 2.69 bits per heavy atom. The van der Waals surface area contributed by atoms with Crippen LogP contribution in [0.2, 0.25) is 0 Å². The normalized spacial score (nSPS) is 30.2. The van der Waals surface area contributed by atoms with Crippen molar-refractivity contribution in [2.75, 3.05) is 29.4 Å². The van der Waals surface area contributed by atoms with E-state index >= 15 is 0 Å². The van der Waals surface area contributed by atoms with Crippen molar-refractivity contribution in [3.8, 4) is 0 Å². The molecular weight excluding hydrogens is 330 g/mol. The molecule has 0 spiro atoms. The van der Waals surface area contributed by atoms with Crippen LogP contribution in [0.25, 0.3) is 11.0 Å². The Bertz CT molecular complexity index is 866. The zero-order valence-corrected chi connectivity index (χ0v) is 15.3. The van der Waals surface area contributed by atoms with Gasteiger partial charge in [0.25, 0.3) is 0 Å². The number of piperidine rings is 2. The Hall–Kier alpha value is -2.31. The SMILES string of the molecule is CC1CCN1c1nc(N2CC3CC(C2)C3CC(=O)O)c2ccn(C)c2n1. The summed E-state index contributed by atoms with van der Waals surface area (Å²) in [7, 11) is 2.03. The molecule has 6 rings (SSSR count). The zero-order valence-electron chi connectivity index (χ0n) is 15.3. The summed E-state index contributed by atoms with van der Waals surface area (Å²) in [6.07, 6.45) is 4.70. The van der Waals surface area contributed by atoms with Gasteiger partial charge in [-0.05, 0) is 43.6 Å². The maximum absolute atomic E-state index is 11.1. The molecule has 5 heterocycles. The second kappa shape index (κ2) is 5.59. The van der Waals surface area contributed by atoms with Crippen LogP contribution in [-0.2, 0) is 11.8 Å². The minimum absolute atomic E-state index is 0.310. The molecule has 2 bridgehead atoms. The highest BCUT2D eigenvalue weighted by molar-refractivity contribution is 5.89. The number of fused-ring (bicyclic) bond motifs is 3. The Balaban J connectivity index is 1.48. The Morgan fingerprint density at radius 2 is 2.08 bits per heavy atom. The molecule has 26 heavy (non-hydrogen) atoms. The minimum atomic E-state index is -0.667. The van der Waals surface area contributed by atoms with Crippen molar-refractivity contribution in [1.29, 1.82) is 0 Å². The second-order valence-electron chi connectivity index (χ2n) is 8.26. The number of aliphatic carboxylic acids is 1. The summed E-state index contributed by atoms with van der Waals surface area (Å²) in [4.78, 5) is 25.5. The van der Waals surface area contributed by atoms with Gasteiger partial charge in [0, 0.05) is 45.3 Å². The quantitative estimate of drug-likeness (QED) is 0.905. The van der Waals surface area contributed by atoms with Crippen LogP contribution in [0.1, 0.15) is 26.2 Å². The van der Waals surface area contributed by atoms with Crippen LogP contribution in [0.15, 0.2) is 12.3 Å². The van der Waals surface area contributed by atoms with Gasteiger partial charge >= 0.3 is 5.97 Å². The van der Waals surface area contributed by atoms with Gasteiger partial charge in [0.15, 0.2) is 0 Å². The number of hydrogen-bond donors (Lipinski definition) is 1. The minimum Gasteiger partial charge on any atom is -0.481 e. The van der Waals surface area contributed by atoms with E-state index in [1.807, 2.05) is 13.2 Å². The number of carboxylic acid groups (broad SMARTS) is 1. The molecule has 7 heteroatoms. The van der Waals surface area contributed by atoms with Crippen molar-refractivity contribution in [2.24, 2.45) is 24.8 Å². The molecule has 0 aromatic carbocycles. The molecule has 3 aliphatic heterocycles. The number of aromatic nitrogens is 3. The van der Waals surface area contributed by atoms with Crippen LogP contribution in [0.4, 0.5) is 11.8 Å². The number of carbonyl (C=O) groups is 1. The third-order valence-corrected chi connectivity index (χ3v) is 6.71. The third kappa shape index (κ3) is 2.29. The molecule has 3 atom stereocenters.